The minimum atomic E-state index is 0. The van der Waals surface area contributed by atoms with Crippen LogP contribution in [-0.4, -0.2) is 58.0 Å². The average Bonchev–Trinajstić information content (AvgIpc) is 3.22. The Morgan fingerprint density at radius 3 is 2.88 bits per heavy atom. The molecule has 0 saturated heterocycles. The van der Waals surface area contributed by atoms with Crippen molar-refractivity contribution in [3.05, 3.63) is 30.2 Å². The maximum Gasteiger partial charge on any atom is 0.241 e. The van der Waals surface area contributed by atoms with Crippen molar-refractivity contribution in [3.8, 4) is 0 Å². The predicted octanol–water partition coefficient (Wildman–Crippen LogP) is 0.633. The summed E-state index contributed by atoms with van der Waals surface area (Å²) in [5, 5.41) is 10.7. The number of rotatable bonds is 5. The highest BCUT2D eigenvalue weighted by molar-refractivity contribution is 14.0. The lowest BCUT2D eigenvalue weighted by Gasteiger charge is -2.14. The number of nitrogens with one attached hydrogen (secondary N) is 2. The predicted molar refractivity (Wildman–Crippen MR) is 102 cm³/mol. The fourth-order valence-electron chi connectivity index (χ4n) is 2.06. The standard InChI is InChI=1S/C15H21N7O.HI/c1-21(2)14(23)10-18-15(20-11-3-4-11)17-9-12-5-7-16-13-6-8-19-22(12)13;/h5-8,11H,3-4,9-10H2,1-2H3,(H2,17,18,20);1H. The molecule has 1 aliphatic carbocycles. The van der Waals surface area contributed by atoms with E-state index in [0.29, 0.717) is 18.5 Å². The van der Waals surface area contributed by atoms with E-state index in [-0.39, 0.29) is 36.4 Å². The third-order valence-corrected chi connectivity index (χ3v) is 3.59. The minimum absolute atomic E-state index is 0. The van der Waals surface area contributed by atoms with E-state index in [0.717, 1.165) is 24.2 Å². The molecule has 2 N–H and O–H groups in total. The van der Waals surface area contributed by atoms with Crippen LogP contribution >= 0.6 is 24.0 Å². The monoisotopic (exact) mass is 443 g/mol. The first kappa shape index (κ1) is 18.4. The van der Waals surface area contributed by atoms with E-state index in [1.165, 1.54) is 0 Å². The number of carbonyl (C=O) groups is 1. The lowest BCUT2D eigenvalue weighted by Crippen LogP contribution is -2.43. The van der Waals surface area contributed by atoms with Gasteiger partial charge in [-0.05, 0) is 18.9 Å². The fourth-order valence-corrected chi connectivity index (χ4v) is 2.06. The SMILES string of the molecule is CN(C)C(=O)CNC(=NCc1ccnc2ccnn12)NC1CC1.I. The Bertz CT molecular complexity index is 723. The number of hydrogen-bond acceptors (Lipinski definition) is 4. The molecule has 0 unspecified atom stereocenters. The summed E-state index contributed by atoms with van der Waals surface area (Å²) in [6, 6.07) is 4.20. The number of aliphatic imine (C=N–C) groups is 1. The largest absolute Gasteiger partial charge is 0.354 e. The van der Waals surface area contributed by atoms with Crippen LogP contribution in [0.25, 0.3) is 5.65 Å². The molecule has 0 aromatic carbocycles. The smallest absolute Gasteiger partial charge is 0.241 e. The lowest BCUT2D eigenvalue weighted by molar-refractivity contribution is -0.127. The van der Waals surface area contributed by atoms with Gasteiger partial charge in [-0.25, -0.2) is 14.5 Å². The van der Waals surface area contributed by atoms with Crippen LogP contribution in [0.2, 0.25) is 0 Å². The second-order valence-corrected chi connectivity index (χ2v) is 5.76. The summed E-state index contributed by atoms with van der Waals surface area (Å²) in [5.74, 6) is 0.661. The van der Waals surface area contributed by atoms with Gasteiger partial charge < -0.3 is 15.5 Å². The highest BCUT2D eigenvalue weighted by Crippen LogP contribution is 2.18. The van der Waals surface area contributed by atoms with Gasteiger partial charge in [0.25, 0.3) is 0 Å². The molecule has 1 amide bonds. The number of aromatic nitrogens is 3. The molecule has 1 fully saturated rings. The fraction of sp³-hybridized carbons (Fsp3) is 0.467. The van der Waals surface area contributed by atoms with Crippen LogP contribution in [0, 0.1) is 0 Å². The Labute approximate surface area is 157 Å². The highest BCUT2D eigenvalue weighted by Gasteiger charge is 2.22. The van der Waals surface area contributed by atoms with E-state index < -0.39 is 0 Å². The Morgan fingerprint density at radius 2 is 2.17 bits per heavy atom. The molecule has 130 valence electrons. The van der Waals surface area contributed by atoms with Crippen LogP contribution in [0.1, 0.15) is 18.5 Å². The van der Waals surface area contributed by atoms with E-state index in [2.05, 4.69) is 25.7 Å². The summed E-state index contributed by atoms with van der Waals surface area (Å²) in [6.07, 6.45) is 5.74. The number of nitrogens with zero attached hydrogens (tertiary/aromatic N) is 5. The molecule has 0 spiro atoms. The first-order valence-corrected chi connectivity index (χ1v) is 7.66. The Morgan fingerprint density at radius 1 is 1.38 bits per heavy atom. The van der Waals surface area contributed by atoms with Crippen molar-refractivity contribution < 1.29 is 4.79 Å². The van der Waals surface area contributed by atoms with Crippen LogP contribution in [0.4, 0.5) is 0 Å². The van der Waals surface area contributed by atoms with E-state index in [4.69, 9.17) is 0 Å². The molecule has 0 aliphatic heterocycles. The van der Waals surface area contributed by atoms with Gasteiger partial charge in [0.05, 0.1) is 25.0 Å². The molecule has 0 radical (unpaired) electrons. The molecule has 8 nitrogen and oxygen atoms in total. The number of carbonyl (C=O) groups excluding carboxylic acids is 1. The minimum Gasteiger partial charge on any atom is -0.354 e. The van der Waals surface area contributed by atoms with Crippen LogP contribution in [0.3, 0.4) is 0 Å². The van der Waals surface area contributed by atoms with Crippen LogP contribution in [0.15, 0.2) is 29.5 Å². The molecule has 2 aromatic rings. The Balaban J connectivity index is 0.00000208. The van der Waals surface area contributed by atoms with Crippen molar-refractivity contribution in [1.29, 1.82) is 0 Å². The van der Waals surface area contributed by atoms with Gasteiger partial charge >= 0.3 is 0 Å². The van der Waals surface area contributed by atoms with Gasteiger partial charge in [0, 0.05) is 32.4 Å². The molecule has 2 aromatic heterocycles. The van der Waals surface area contributed by atoms with E-state index in [9.17, 15) is 4.79 Å². The van der Waals surface area contributed by atoms with Crippen LogP contribution in [-0.2, 0) is 11.3 Å². The number of hydrogen-bond donors (Lipinski definition) is 2. The van der Waals surface area contributed by atoms with Crippen molar-refractivity contribution in [2.45, 2.75) is 25.4 Å². The number of halogens is 1. The second-order valence-electron chi connectivity index (χ2n) is 5.76. The van der Waals surface area contributed by atoms with Crippen LogP contribution < -0.4 is 10.6 Å². The molecule has 1 saturated carbocycles. The van der Waals surface area contributed by atoms with Gasteiger partial charge in [-0.2, -0.15) is 5.10 Å². The molecule has 0 bridgehead atoms. The molecule has 9 heteroatoms. The Hall–Kier alpha value is -1.91. The zero-order chi connectivity index (χ0) is 16.2. The number of likely N-dealkylation sites (N-methyl/N-ethyl adjacent to an activating group) is 1. The maximum atomic E-state index is 11.7. The summed E-state index contributed by atoms with van der Waals surface area (Å²) in [6.45, 7) is 0.679. The van der Waals surface area contributed by atoms with Crippen molar-refractivity contribution in [2.75, 3.05) is 20.6 Å². The van der Waals surface area contributed by atoms with Crippen molar-refractivity contribution in [1.82, 2.24) is 30.1 Å². The normalized spacial score (nSPS) is 14.2. The van der Waals surface area contributed by atoms with Crippen LogP contribution in [0.5, 0.6) is 0 Å². The van der Waals surface area contributed by atoms with Gasteiger partial charge in [0.1, 0.15) is 0 Å². The summed E-state index contributed by atoms with van der Waals surface area (Å²) in [7, 11) is 3.47. The summed E-state index contributed by atoms with van der Waals surface area (Å²) < 4.78 is 1.77. The molecular formula is C15H22IN7O. The summed E-state index contributed by atoms with van der Waals surface area (Å²) in [4.78, 5) is 22.1. The van der Waals surface area contributed by atoms with Gasteiger partial charge in [-0.1, -0.05) is 0 Å². The van der Waals surface area contributed by atoms with Crippen molar-refractivity contribution in [2.24, 2.45) is 4.99 Å². The van der Waals surface area contributed by atoms with E-state index in [1.807, 2.05) is 12.1 Å². The first-order chi connectivity index (χ1) is 11.1. The summed E-state index contributed by atoms with van der Waals surface area (Å²) >= 11 is 0. The lowest BCUT2D eigenvalue weighted by atomic mass is 10.4. The van der Waals surface area contributed by atoms with Gasteiger partial charge in [0.15, 0.2) is 11.6 Å². The molecular weight excluding hydrogens is 421 g/mol. The van der Waals surface area contributed by atoms with Gasteiger partial charge in [-0.15, -0.1) is 24.0 Å². The van der Waals surface area contributed by atoms with E-state index in [1.54, 1.807) is 35.9 Å². The zero-order valence-electron chi connectivity index (χ0n) is 13.8. The van der Waals surface area contributed by atoms with Crippen molar-refractivity contribution >= 4 is 41.5 Å². The molecule has 0 atom stereocenters. The number of fused-ring (bicyclic) bond motifs is 1. The average molecular weight is 443 g/mol. The van der Waals surface area contributed by atoms with Crippen molar-refractivity contribution in [3.63, 3.8) is 0 Å². The first-order valence-electron chi connectivity index (χ1n) is 7.66. The second kappa shape index (κ2) is 8.27. The number of guanidine groups is 1. The van der Waals surface area contributed by atoms with E-state index >= 15 is 0 Å². The van der Waals surface area contributed by atoms with Gasteiger partial charge in [-0.3, -0.25) is 4.79 Å². The Kier molecular flexibility index (Phi) is 6.35. The molecule has 3 rings (SSSR count). The molecule has 24 heavy (non-hydrogen) atoms. The third kappa shape index (κ3) is 4.79. The maximum absolute atomic E-state index is 11.7. The number of amides is 1. The topological polar surface area (TPSA) is 86.9 Å². The molecule has 2 heterocycles. The highest BCUT2D eigenvalue weighted by atomic mass is 127. The molecule has 1 aliphatic rings. The quantitative estimate of drug-likeness (QED) is 0.403. The summed E-state index contributed by atoms with van der Waals surface area (Å²) in [5.41, 5.74) is 1.74. The van der Waals surface area contributed by atoms with Gasteiger partial charge in [0.2, 0.25) is 5.91 Å². The third-order valence-electron chi connectivity index (χ3n) is 3.59. The zero-order valence-corrected chi connectivity index (χ0v) is 16.1.